The number of amides is 1. The predicted octanol–water partition coefficient (Wildman–Crippen LogP) is 2.48. The van der Waals surface area contributed by atoms with Crippen LogP contribution in [-0.2, 0) is 17.6 Å². The molecule has 5 N–H and O–H groups in total. The summed E-state index contributed by atoms with van der Waals surface area (Å²) in [6, 6.07) is 4.25. The number of nitrogen functional groups attached to an aromatic ring is 1. The summed E-state index contributed by atoms with van der Waals surface area (Å²) in [5, 5.41) is 4.13. The molecule has 3 aromatic heterocycles. The number of hydrogen-bond donors (Lipinski definition) is 3. The van der Waals surface area contributed by atoms with E-state index in [2.05, 4.69) is 27.3 Å². The second-order valence-electron chi connectivity index (χ2n) is 9.01. The first-order chi connectivity index (χ1) is 15.2. The number of methoxy groups -OCH3 is 1. The van der Waals surface area contributed by atoms with Crippen molar-refractivity contribution in [3.8, 4) is 0 Å². The number of aromatic nitrogens is 2. The van der Waals surface area contributed by atoms with E-state index in [1.807, 2.05) is 13.8 Å². The van der Waals surface area contributed by atoms with Crippen LogP contribution in [0.25, 0.3) is 9.53 Å². The fraction of sp³-hybridized carbons (Fsp3) is 0.500. The molecule has 3 aromatic rings. The van der Waals surface area contributed by atoms with Crippen molar-refractivity contribution in [1.82, 2.24) is 15.3 Å². The fourth-order valence-electron chi connectivity index (χ4n) is 4.73. The molecule has 0 bridgehead atoms. The van der Waals surface area contributed by atoms with Crippen LogP contribution in [0.1, 0.15) is 39.3 Å². The number of carbonyl (C=O) groups is 1. The van der Waals surface area contributed by atoms with E-state index in [0.29, 0.717) is 17.1 Å². The SMILES string of the molecule is COC1CN(c2ccc3c(n2)CCC(NC(=O)c2sc4nc(C)sc4c2N)C3)CC1(C)N. The molecule has 2 aliphatic rings. The maximum Gasteiger partial charge on any atom is 0.263 e. The maximum atomic E-state index is 12.9. The van der Waals surface area contributed by atoms with Gasteiger partial charge in [0.1, 0.15) is 15.5 Å². The lowest BCUT2D eigenvalue weighted by Crippen LogP contribution is -2.48. The number of ether oxygens (including phenoxy) is 1. The number of pyridine rings is 1. The average molecular weight is 473 g/mol. The Morgan fingerprint density at radius 2 is 2.16 bits per heavy atom. The van der Waals surface area contributed by atoms with Gasteiger partial charge in [-0.25, -0.2) is 9.97 Å². The Morgan fingerprint density at radius 3 is 2.88 bits per heavy atom. The molecule has 4 heterocycles. The highest BCUT2D eigenvalue weighted by Gasteiger charge is 2.41. The summed E-state index contributed by atoms with van der Waals surface area (Å²) < 4.78 is 6.47. The third-order valence-corrected chi connectivity index (χ3v) is 8.68. The Bertz CT molecular complexity index is 1190. The minimum absolute atomic E-state index is 0.0148. The van der Waals surface area contributed by atoms with Crippen molar-refractivity contribution < 1.29 is 9.53 Å². The number of thiazole rings is 1. The Balaban J connectivity index is 1.27. The molecule has 10 heteroatoms. The maximum absolute atomic E-state index is 12.9. The molecule has 170 valence electrons. The van der Waals surface area contributed by atoms with Gasteiger partial charge in [-0.3, -0.25) is 4.79 Å². The average Bonchev–Trinajstić information content (AvgIpc) is 3.38. The molecule has 3 unspecified atom stereocenters. The van der Waals surface area contributed by atoms with Gasteiger partial charge in [0, 0.05) is 31.9 Å². The van der Waals surface area contributed by atoms with Crippen LogP contribution in [0, 0.1) is 6.92 Å². The fourth-order valence-corrected chi connectivity index (χ4v) is 6.82. The molecule has 3 atom stereocenters. The molecule has 1 aliphatic carbocycles. The van der Waals surface area contributed by atoms with Crippen molar-refractivity contribution in [2.75, 3.05) is 30.8 Å². The smallest absolute Gasteiger partial charge is 0.263 e. The first kappa shape index (κ1) is 21.6. The van der Waals surface area contributed by atoms with Crippen LogP contribution in [0.4, 0.5) is 11.5 Å². The molecule has 1 saturated heterocycles. The van der Waals surface area contributed by atoms with Crippen molar-refractivity contribution in [2.24, 2.45) is 5.73 Å². The van der Waals surface area contributed by atoms with Gasteiger partial charge >= 0.3 is 0 Å². The van der Waals surface area contributed by atoms with E-state index in [0.717, 1.165) is 51.9 Å². The summed E-state index contributed by atoms with van der Waals surface area (Å²) >= 11 is 2.90. The zero-order valence-corrected chi connectivity index (χ0v) is 20.1. The summed E-state index contributed by atoms with van der Waals surface area (Å²) in [5.74, 6) is 0.829. The standard InChI is InChI=1S/C22H28N6O2S2/c1-11-25-21-19(31-11)17(23)18(32-21)20(29)26-13-5-6-14-12(8-13)4-7-16(27-14)28-9-15(30-3)22(2,24)10-28/h4,7,13,15H,5-6,8-10,23-24H2,1-3H3,(H,26,29). The molecule has 1 fully saturated rings. The van der Waals surface area contributed by atoms with E-state index in [1.54, 1.807) is 7.11 Å². The topological polar surface area (TPSA) is 119 Å². The van der Waals surface area contributed by atoms with E-state index < -0.39 is 5.54 Å². The van der Waals surface area contributed by atoms with Gasteiger partial charge < -0.3 is 26.4 Å². The van der Waals surface area contributed by atoms with Crippen LogP contribution in [0.15, 0.2) is 12.1 Å². The highest BCUT2D eigenvalue weighted by atomic mass is 32.1. The van der Waals surface area contributed by atoms with Crippen molar-refractivity contribution in [1.29, 1.82) is 0 Å². The van der Waals surface area contributed by atoms with Gasteiger partial charge in [-0.1, -0.05) is 6.07 Å². The molecule has 32 heavy (non-hydrogen) atoms. The number of aryl methyl sites for hydroxylation is 2. The van der Waals surface area contributed by atoms with Gasteiger partial charge in [-0.15, -0.1) is 22.7 Å². The minimum atomic E-state index is -0.395. The number of carbonyl (C=O) groups excluding carboxylic acids is 1. The van der Waals surface area contributed by atoms with Gasteiger partial charge in [0.05, 0.1) is 27.0 Å². The number of nitrogens with zero attached hydrogens (tertiary/aromatic N) is 3. The Hall–Kier alpha value is -2.27. The summed E-state index contributed by atoms with van der Waals surface area (Å²) in [5.41, 5.74) is 15.1. The molecule has 0 spiro atoms. The van der Waals surface area contributed by atoms with Crippen molar-refractivity contribution in [3.63, 3.8) is 0 Å². The second-order valence-corrected chi connectivity index (χ2v) is 11.2. The van der Waals surface area contributed by atoms with Crippen LogP contribution in [0.2, 0.25) is 0 Å². The predicted molar refractivity (Wildman–Crippen MR) is 130 cm³/mol. The Kier molecular flexibility index (Phi) is 5.36. The molecule has 1 aliphatic heterocycles. The largest absolute Gasteiger partial charge is 0.396 e. The first-order valence-corrected chi connectivity index (χ1v) is 12.4. The van der Waals surface area contributed by atoms with E-state index in [1.165, 1.54) is 28.2 Å². The van der Waals surface area contributed by atoms with Gasteiger partial charge in [0.2, 0.25) is 0 Å². The van der Waals surface area contributed by atoms with Gasteiger partial charge in [-0.2, -0.15) is 0 Å². The Morgan fingerprint density at radius 1 is 1.34 bits per heavy atom. The Labute approximate surface area is 195 Å². The zero-order chi connectivity index (χ0) is 22.6. The molecule has 5 rings (SSSR count). The van der Waals surface area contributed by atoms with Gasteiger partial charge in [0.25, 0.3) is 5.91 Å². The van der Waals surface area contributed by atoms with E-state index in [4.69, 9.17) is 21.2 Å². The van der Waals surface area contributed by atoms with Crippen LogP contribution < -0.4 is 21.7 Å². The van der Waals surface area contributed by atoms with Crippen LogP contribution in [0.3, 0.4) is 0 Å². The molecule has 0 aromatic carbocycles. The third-order valence-electron chi connectivity index (χ3n) is 6.44. The zero-order valence-electron chi connectivity index (χ0n) is 18.5. The van der Waals surface area contributed by atoms with Crippen molar-refractivity contribution in [2.45, 2.75) is 50.8 Å². The highest BCUT2D eigenvalue weighted by molar-refractivity contribution is 7.29. The number of anilines is 2. The first-order valence-electron chi connectivity index (χ1n) is 10.8. The summed E-state index contributed by atoms with van der Waals surface area (Å²) in [7, 11) is 1.71. The lowest BCUT2D eigenvalue weighted by molar-refractivity contribution is 0.0751. The van der Waals surface area contributed by atoms with Crippen LogP contribution >= 0.6 is 22.7 Å². The van der Waals surface area contributed by atoms with Crippen molar-refractivity contribution in [3.05, 3.63) is 33.3 Å². The van der Waals surface area contributed by atoms with E-state index in [9.17, 15) is 4.79 Å². The number of thiophene rings is 1. The van der Waals surface area contributed by atoms with Gasteiger partial charge in [0.15, 0.2) is 0 Å². The van der Waals surface area contributed by atoms with Gasteiger partial charge in [-0.05, 0) is 44.7 Å². The van der Waals surface area contributed by atoms with E-state index in [-0.39, 0.29) is 18.1 Å². The molecular formula is C22H28N6O2S2. The molecule has 1 amide bonds. The molecule has 0 saturated carbocycles. The molecule has 0 radical (unpaired) electrons. The molecule has 8 nitrogen and oxygen atoms in total. The number of nitrogens with one attached hydrogen (secondary N) is 1. The highest BCUT2D eigenvalue weighted by Crippen LogP contribution is 2.37. The minimum Gasteiger partial charge on any atom is -0.396 e. The summed E-state index contributed by atoms with van der Waals surface area (Å²) in [4.78, 5) is 25.9. The third kappa shape index (κ3) is 3.75. The monoisotopic (exact) mass is 472 g/mol. The second kappa shape index (κ2) is 7.95. The lowest BCUT2D eigenvalue weighted by Gasteiger charge is -2.27. The number of hydrogen-bond acceptors (Lipinski definition) is 9. The quantitative estimate of drug-likeness (QED) is 0.534. The number of nitrogens with two attached hydrogens (primary N) is 2. The molecular weight excluding hydrogens is 444 g/mol. The van der Waals surface area contributed by atoms with Crippen LogP contribution in [0.5, 0.6) is 0 Å². The van der Waals surface area contributed by atoms with Crippen molar-refractivity contribution >= 4 is 49.6 Å². The van der Waals surface area contributed by atoms with E-state index >= 15 is 0 Å². The normalized spacial score (nSPS) is 25.3. The number of fused-ring (bicyclic) bond motifs is 2. The number of rotatable bonds is 4. The summed E-state index contributed by atoms with van der Waals surface area (Å²) in [6.45, 7) is 5.42. The summed E-state index contributed by atoms with van der Waals surface area (Å²) in [6.07, 6.45) is 2.42. The lowest BCUT2D eigenvalue weighted by atomic mass is 9.91. The van der Waals surface area contributed by atoms with Crippen LogP contribution in [-0.4, -0.2) is 53.8 Å².